The minimum atomic E-state index is -0.849. The van der Waals surface area contributed by atoms with E-state index < -0.39 is 17.8 Å². The SMILES string of the molecule is CC1=C(C)C[C@H](C(=O)N2CCN(Cc3ccccc3)CC2)[C@@H](C(=O)O)C1. The van der Waals surface area contributed by atoms with Crippen molar-refractivity contribution >= 4 is 11.9 Å². The van der Waals surface area contributed by atoms with Crippen molar-refractivity contribution in [2.75, 3.05) is 26.2 Å². The summed E-state index contributed by atoms with van der Waals surface area (Å²) < 4.78 is 0. The second kappa shape index (κ2) is 8.04. The zero-order valence-corrected chi connectivity index (χ0v) is 15.6. The Balaban J connectivity index is 1.60. The number of amides is 1. The fourth-order valence-corrected chi connectivity index (χ4v) is 4.01. The summed E-state index contributed by atoms with van der Waals surface area (Å²) in [5.74, 6) is -1.84. The Morgan fingerprint density at radius 3 is 2.12 bits per heavy atom. The molecule has 2 aliphatic rings. The van der Waals surface area contributed by atoms with E-state index in [4.69, 9.17) is 0 Å². The van der Waals surface area contributed by atoms with Crippen molar-refractivity contribution in [1.29, 1.82) is 0 Å². The number of nitrogens with zero attached hydrogens (tertiary/aromatic N) is 2. The minimum absolute atomic E-state index is 0.0172. The standard InChI is InChI=1S/C21H28N2O3/c1-15-12-18(19(21(25)26)13-16(15)2)20(24)23-10-8-22(9-11-23)14-17-6-4-3-5-7-17/h3-7,18-19H,8-14H2,1-2H3,(H,25,26)/t18-,19-/m0/s1. The van der Waals surface area contributed by atoms with Gasteiger partial charge in [-0.2, -0.15) is 0 Å². The van der Waals surface area contributed by atoms with E-state index in [-0.39, 0.29) is 5.91 Å². The van der Waals surface area contributed by atoms with Gasteiger partial charge in [0.05, 0.1) is 11.8 Å². The van der Waals surface area contributed by atoms with Crippen LogP contribution in [0.25, 0.3) is 0 Å². The lowest BCUT2D eigenvalue weighted by atomic mass is 9.76. The first-order chi connectivity index (χ1) is 12.5. The smallest absolute Gasteiger partial charge is 0.307 e. The number of rotatable bonds is 4. The molecule has 1 aliphatic carbocycles. The van der Waals surface area contributed by atoms with Gasteiger partial charge in [0.25, 0.3) is 0 Å². The van der Waals surface area contributed by atoms with Crippen LogP contribution in [-0.2, 0) is 16.1 Å². The number of benzene rings is 1. The van der Waals surface area contributed by atoms with Gasteiger partial charge in [0.15, 0.2) is 0 Å². The molecule has 2 atom stereocenters. The Labute approximate surface area is 155 Å². The number of hydrogen-bond acceptors (Lipinski definition) is 3. The summed E-state index contributed by atoms with van der Waals surface area (Å²) in [5.41, 5.74) is 3.57. The predicted molar refractivity (Wildman–Crippen MR) is 101 cm³/mol. The molecule has 26 heavy (non-hydrogen) atoms. The number of carboxylic acid groups (broad SMARTS) is 1. The third-order valence-corrected chi connectivity index (χ3v) is 5.83. The minimum Gasteiger partial charge on any atom is -0.481 e. The topological polar surface area (TPSA) is 60.9 Å². The Morgan fingerprint density at radius 1 is 0.962 bits per heavy atom. The lowest BCUT2D eigenvalue weighted by molar-refractivity contribution is -0.151. The first-order valence-electron chi connectivity index (χ1n) is 9.39. The van der Waals surface area contributed by atoms with Crippen LogP contribution < -0.4 is 0 Å². The summed E-state index contributed by atoms with van der Waals surface area (Å²) in [6, 6.07) is 10.3. The van der Waals surface area contributed by atoms with E-state index in [0.29, 0.717) is 25.9 Å². The third-order valence-electron chi connectivity index (χ3n) is 5.83. The fraction of sp³-hybridized carbons (Fsp3) is 0.524. The molecular formula is C21H28N2O3. The molecule has 0 aromatic heterocycles. The molecule has 1 saturated heterocycles. The van der Waals surface area contributed by atoms with E-state index in [1.807, 2.05) is 36.9 Å². The molecule has 140 valence electrons. The number of allylic oxidation sites excluding steroid dienone is 2. The predicted octanol–water partition coefficient (Wildman–Crippen LogP) is 2.78. The van der Waals surface area contributed by atoms with Gasteiger partial charge >= 0.3 is 5.97 Å². The highest BCUT2D eigenvalue weighted by molar-refractivity contribution is 5.85. The molecule has 5 heteroatoms. The van der Waals surface area contributed by atoms with Crippen LogP contribution >= 0.6 is 0 Å². The van der Waals surface area contributed by atoms with Gasteiger partial charge in [0, 0.05) is 32.7 Å². The van der Waals surface area contributed by atoms with Gasteiger partial charge in [-0.25, -0.2) is 0 Å². The van der Waals surface area contributed by atoms with Gasteiger partial charge in [-0.15, -0.1) is 0 Å². The molecule has 0 unspecified atom stereocenters. The second-order valence-corrected chi connectivity index (χ2v) is 7.61. The third kappa shape index (κ3) is 4.15. The molecule has 0 bridgehead atoms. The van der Waals surface area contributed by atoms with Crippen LogP contribution in [0.1, 0.15) is 32.3 Å². The van der Waals surface area contributed by atoms with Crippen molar-refractivity contribution in [3.8, 4) is 0 Å². The zero-order valence-electron chi connectivity index (χ0n) is 15.6. The second-order valence-electron chi connectivity index (χ2n) is 7.61. The fourth-order valence-electron chi connectivity index (χ4n) is 4.01. The monoisotopic (exact) mass is 356 g/mol. The van der Waals surface area contributed by atoms with Gasteiger partial charge < -0.3 is 10.0 Å². The van der Waals surface area contributed by atoms with E-state index in [2.05, 4.69) is 17.0 Å². The van der Waals surface area contributed by atoms with E-state index in [1.165, 1.54) is 11.1 Å². The van der Waals surface area contributed by atoms with Gasteiger partial charge in [-0.05, 0) is 32.3 Å². The lowest BCUT2D eigenvalue weighted by Gasteiger charge is -2.38. The molecule has 1 fully saturated rings. The molecule has 1 amide bonds. The molecule has 0 saturated carbocycles. The molecule has 0 spiro atoms. The quantitative estimate of drug-likeness (QED) is 0.843. The highest BCUT2D eigenvalue weighted by atomic mass is 16.4. The first-order valence-corrected chi connectivity index (χ1v) is 9.39. The molecule has 0 radical (unpaired) electrons. The highest BCUT2D eigenvalue weighted by Gasteiger charge is 2.39. The van der Waals surface area contributed by atoms with Crippen molar-refractivity contribution in [3.05, 3.63) is 47.0 Å². The van der Waals surface area contributed by atoms with E-state index >= 15 is 0 Å². The molecule has 1 aromatic rings. The average molecular weight is 356 g/mol. The Hall–Kier alpha value is -2.14. The van der Waals surface area contributed by atoms with Gasteiger partial charge in [-0.3, -0.25) is 14.5 Å². The molecule has 5 nitrogen and oxygen atoms in total. The zero-order chi connectivity index (χ0) is 18.7. The number of aliphatic carboxylic acids is 1. The summed E-state index contributed by atoms with van der Waals surface area (Å²) in [7, 11) is 0. The maximum Gasteiger partial charge on any atom is 0.307 e. The molecule has 3 rings (SSSR count). The number of carbonyl (C=O) groups is 2. The van der Waals surface area contributed by atoms with Crippen LogP contribution in [-0.4, -0.2) is 53.0 Å². The summed E-state index contributed by atoms with van der Waals surface area (Å²) in [6.07, 6.45) is 1.07. The molecular weight excluding hydrogens is 328 g/mol. The number of carbonyl (C=O) groups excluding carboxylic acids is 1. The van der Waals surface area contributed by atoms with Crippen molar-refractivity contribution < 1.29 is 14.7 Å². The van der Waals surface area contributed by atoms with Crippen molar-refractivity contribution in [2.45, 2.75) is 33.2 Å². The maximum absolute atomic E-state index is 13.0. The summed E-state index contributed by atoms with van der Waals surface area (Å²) in [5, 5.41) is 9.56. The summed E-state index contributed by atoms with van der Waals surface area (Å²) >= 11 is 0. The van der Waals surface area contributed by atoms with E-state index in [0.717, 1.165) is 25.2 Å². The molecule has 1 heterocycles. The molecule has 1 N–H and O–H groups in total. The van der Waals surface area contributed by atoms with Crippen LogP contribution in [0.15, 0.2) is 41.5 Å². The first kappa shape index (κ1) is 18.6. The highest BCUT2D eigenvalue weighted by Crippen LogP contribution is 2.35. The lowest BCUT2D eigenvalue weighted by Crippen LogP contribution is -2.51. The molecule has 1 aliphatic heterocycles. The van der Waals surface area contributed by atoms with E-state index in [1.54, 1.807) is 0 Å². The summed E-state index contributed by atoms with van der Waals surface area (Å²) in [4.78, 5) is 28.9. The van der Waals surface area contributed by atoms with Crippen LogP contribution in [0.4, 0.5) is 0 Å². The van der Waals surface area contributed by atoms with Crippen LogP contribution in [0.5, 0.6) is 0 Å². The van der Waals surface area contributed by atoms with Gasteiger partial charge in [0.1, 0.15) is 0 Å². The number of carboxylic acids is 1. The normalized spacial score (nSPS) is 24.6. The molecule has 1 aromatic carbocycles. The van der Waals surface area contributed by atoms with Crippen molar-refractivity contribution in [3.63, 3.8) is 0 Å². The van der Waals surface area contributed by atoms with Gasteiger partial charge in [0.2, 0.25) is 5.91 Å². The Kier molecular flexibility index (Phi) is 5.77. The van der Waals surface area contributed by atoms with Crippen LogP contribution in [0.2, 0.25) is 0 Å². The summed E-state index contributed by atoms with van der Waals surface area (Å²) in [6.45, 7) is 7.91. The number of hydrogen-bond donors (Lipinski definition) is 1. The number of piperazine rings is 1. The largest absolute Gasteiger partial charge is 0.481 e. The van der Waals surface area contributed by atoms with E-state index in [9.17, 15) is 14.7 Å². The van der Waals surface area contributed by atoms with Crippen LogP contribution in [0.3, 0.4) is 0 Å². The average Bonchev–Trinajstić information content (AvgIpc) is 2.64. The van der Waals surface area contributed by atoms with Gasteiger partial charge in [-0.1, -0.05) is 41.5 Å². The van der Waals surface area contributed by atoms with Crippen LogP contribution in [0, 0.1) is 11.8 Å². The Bertz CT molecular complexity index is 690. The Morgan fingerprint density at radius 2 is 1.54 bits per heavy atom. The maximum atomic E-state index is 13.0. The van der Waals surface area contributed by atoms with Crippen molar-refractivity contribution in [2.24, 2.45) is 11.8 Å². The van der Waals surface area contributed by atoms with Crippen molar-refractivity contribution in [1.82, 2.24) is 9.80 Å².